The van der Waals surface area contributed by atoms with Gasteiger partial charge in [0.2, 0.25) is 5.91 Å². The molecule has 0 unspecified atom stereocenters. The van der Waals surface area contributed by atoms with E-state index in [1.165, 1.54) is 12.2 Å². The van der Waals surface area contributed by atoms with E-state index in [1.54, 1.807) is 23.5 Å². The summed E-state index contributed by atoms with van der Waals surface area (Å²) in [5.41, 5.74) is 1.76. The van der Waals surface area contributed by atoms with Crippen molar-refractivity contribution in [3.05, 3.63) is 60.3 Å². The lowest BCUT2D eigenvalue weighted by Crippen LogP contribution is -2.48. The molecule has 2 aliphatic heterocycles. The van der Waals surface area contributed by atoms with Gasteiger partial charge in [0.1, 0.15) is 23.7 Å². The fourth-order valence-corrected chi connectivity index (χ4v) is 6.05. The number of aromatic nitrogens is 4. The van der Waals surface area contributed by atoms with E-state index < -0.39 is 12.5 Å². The Bertz CT molecular complexity index is 1730. The lowest BCUT2D eigenvalue weighted by Gasteiger charge is -2.35. The predicted octanol–water partition coefficient (Wildman–Crippen LogP) is 3.32. The Balaban J connectivity index is 1.30. The predicted molar refractivity (Wildman–Crippen MR) is 170 cm³/mol. The maximum absolute atomic E-state index is 16.5. The number of nitrogens with zero attached hydrogens (tertiary/aromatic N) is 7. The highest BCUT2D eigenvalue weighted by Gasteiger charge is 2.26. The number of hydrogen-bond donors (Lipinski definition) is 1. The zero-order valence-electron chi connectivity index (χ0n) is 25.7. The third-order valence-electron chi connectivity index (χ3n) is 8.41. The highest BCUT2D eigenvalue weighted by Crippen LogP contribution is 2.35. The van der Waals surface area contributed by atoms with E-state index in [0.29, 0.717) is 69.1 Å². The second-order valence-electron chi connectivity index (χ2n) is 11.4. The summed E-state index contributed by atoms with van der Waals surface area (Å²) < 4.78 is 40.6. The molecular formula is C33H37F2N7O4. The van der Waals surface area contributed by atoms with E-state index in [4.69, 9.17) is 14.5 Å². The minimum atomic E-state index is -0.702. The van der Waals surface area contributed by atoms with Gasteiger partial charge in [-0.1, -0.05) is 18.2 Å². The Morgan fingerprint density at radius 3 is 2.80 bits per heavy atom. The number of morpholine rings is 1. The zero-order chi connectivity index (χ0) is 32.0. The van der Waals surface area contributed by atoms with Gasteiger partial charge in [0.25, 0.3) is 0 Å². The molecule has 0 radical (unpaired) electrons. The lowest BCUT2D eigenvalue weighted by atomic mass is 10.00. The van der Waals surface area contributed by atoms with Gasteiger partial charge >= 0.3 is 6.01 Å². The minimum absolute atomic E-state index is 0.0196. The smallest absolute Gasteiger partial charge is 0.319 e. The van der Waals surface area contributed by atoms with Gasteiger partial charge in [-0.25, -0.2) is 8.78 Å². The summed E-state index contributed by atoms with van der Waals surface area (Å²) in [4.78, 5) is 36.4. The van der Waals surface area contributed by atoms with Gasteiger partial charge in [0.05, 0.1) is 31.3 Å². The number of aliphatic hydroxyl groups excluding tert-OH is 1. The normalized spacial score (nSPS) is 17.8. The molecule has 6 rings (SSSR count). The molecular weight excluding hydrogens is 596 g/mol. The average molecular weight is 634 g/mol. The molecule has 3 aromatic heterocycles. The first-order valence-electron chi connectivity index (χ1n) is 15.5. The summed E-state index contributed by atoms with van der Waals surface area (Å²) in [6, 6.07) is 5.88. The number of anilines is 1. The molecule has 2 aliphatic rings. The first kappa shape index (κ1) is 31.6. The largest absolute Gasteiger partial charge is 0.463 e. The number of aryl methyl sites for hydroxylation is 1. The Morgan fingerprint density at radius 2 is 2.00 bits per heavy atom. The molecule has 2 fully saturated rings. The van der Waals surface area contributed by atoms with Crippen LogP contribution in [0, 0.1) is 12.7 Å². The topological polar surface area (TPSA) is 117 Å². The molecule has 4 aromatic rings. The molecule has 5 heterocycles. The standard InChI is InChI=1S/C33H37F2N7O4/c1-22-5-2-6-23-17-36-18-25(28(22)23)30-29(35)31-26(19-37-30)32(42-12-10-41(11-13-42)27(44)7-3-8-34)39-33(38-31)46-15-4-9-40-14-16-45-24(20-40)21-43/h2-3,5-7,17-19,24,43H,4,8-16,20-21H2,1H3/b7-3+/t24-/m1/s1. The van der Waals surface area contributed by atoms with Gasteiger partial charge < -0.3 is 24.4 Å². The molecule has 13 heteroatoms. The molecule has 46 heavy (non-hydrogen) atoms. The Kier molecular flexibility index (Phi) is 9.91. The molecule has 0 aliphatic carbocycles. The van der Waals surface area contributed by atoms with Crippen molar-refractivity contribution in [3.63, 3.8) is 0 Å². The van der Waals surface area contributed by atoms with E-state index in [9.17, 15) is 14.3 Å². The van der Waals surface area contributed by atoms with Crippen molar-refractivity contribution in [3.8, 4) is 17.3 Å². The average Bonchev–Trinajstić information content (AvgIpc) is 3.09. The van der Waals surface area contributed by atoms with Crippen LogP contribution < -0.4 is 9.64 Å². The number of hydrogen-bond acceptors (Lipinski definition) is 10. The van der Waals surface area contributed by atoms with Crippen molar-refractivity contribution in [1.82, 2.24) is 29.7 Å². The van der Waals surface area contributed by atoms with Crippen LogP contribution in [-0.4, -0.2) is 119 Å². The van der Waals surface area contributed by atoms with Crippen molar-refractivity contribution in [2.45, 2.75) is 19.4 Å². The van der Waals surface area contributed by atoms with Gasteiger partial charge in [-0.15, -0.1) is 0 Å². The molecule has 2 saturated heterocycles. The van der Waals surface area contributed by atoms with E-state index >= 15 is 4.39 Å². The first-order chi connectivity index (χ1) is 22.5. The number of carbonyl (C=O) groups excluding carboxylic acids is 1. The van der Waals surface area contributed by atoms with Crippen molar-refractivity contribution in [2.24, 2.45) is 0 Å². The Hall–Kier alpha value is -4.33. The first-order valence-corrected chi connectivity index (χ1v) is 15.5. The summed E-state index contributed by atoms with van der Waals surface area (Å²) in [5, 5.41) is 11.6. The van der Waals surface area contributed by atoms with Crippen molar-refractivity contribution < 1.29 is 28.2 Å². The van der Waals surface area contributed by atoms with Crippen LogP contribution in [0.3, 0.4) is 0 Å². The van der Waals surface area contributed by atoms with Gasteiger partial charge in [0, 0.05) is 81.4 Å². The SMILES string of the molecule is Cc1cccc2cncc(-c3ncc4c(N5CCN(C(=O)/C=C/CF)CC5)nc(OCCCN5CCO[C@@H](CO)C5)nc4c3F)c12. The van der Waals surface area contributed by atoms with Gasteiger partial charge in [-0.2, -0.15) is 9.97 Å². The number of allylic oxidation sites excluding steroid dienone is 1. The summed E-state index contributed by atoms with van der Waals surface area (Å²) in [5.74, 6) is -0.386. The van der Waals surface area contributed by atoms with Gasteiger partial charge in [0.15, 0.2) is 5.82 Å². The maximum Gasteiger partial charge on any atom is 0.319 e. The van der Waals surface area contributed by atoms with Crippen molar-refractivity contribution in [2.75, 3.05) is 77.2 Å². The number of halogens is 2. The fraction of sp³-hybridized carbons (Fsp3) is 0.424. The van der Waals surface area contributed by atoms with Crippen molar-refractivity contribution >= 4 is 33.4 Å². The molecule has 1 N–H and O–H groups in total. The molecule has 242 valence electrons. The highest BCUT2D eigenvalue weighted by atomic mass is 19.1. The van der Waals surface area contributed by atoms with E-state index in [0.717, 1.165) is 29.4 Å². The molecule has 0 spiro atoms. The third-order valence-corrected chi connectivity index (χ3v) is 8.41. The van der Waals surface area contributed by atoms with Crippen LogP contribution in [0.4, 0.5) is 14.6 Å². The molecule has 1 amide bonds. The number of aliphatic hydroxyl groups is 1. The fourth-order valence-electron chi connectivity index (χ4n) is 6.05. The van der Waals surface area contributed by atoms with E-state index in [1.807, 2.05) is 30.0 Å². The summed E-state index contributed by atoms with van der Waals surface area (Å²) in [6.45, 7) is 5.92. The number of alkyl halides is 1. The number of fused-ring (bicyclic) bond motifs is 2. The monoisotopic (exact) mass is 633 g/mol. The van der Waals surface area contributed by atoms with Crippen LogP contribution in [0.1, 0.15) is 12.0 Å². The molecule has 1 atom stereocenters. The van der Waals surface area contributed by atoms with Crippen LogP contribution in [0.15, 0.2) is 48.9 Å². The number of pyridine rings is 2. The van der Waals surface area contributed by atoms with Gasteiger partial charge in [-0.3, -0.25) is 19.7 Å². The van der Waals surface area contributed by atoms with Crippen LogP contribution in [-0.2, 0) is 9.53 Å². The Labute approximate surface area is 265 Å². The van der Waals surface area contributed by atoms with Gasteiger partial charge in [-0.05, 0) is 30.4 Å². The number of carbonyl (C=O) groups is 1. The molecule has 11 nitrogen and oxygen atoms in total. The Morgan fingerprint density at radius 1 is 1.15 bits per heavy atom. The second-order valence-corrected chi connectivity index (χ2v) is 11.4. The second kappa shape index (κ2) is 14.4. The van der Waals surface area contributed by atoms with E-state index in [-0.39, 0.29) is 35.8 Å². The summed E-state index contributed by atoms with van der Waals surface area (Å²) in [7, 11) is 0. The van der Waals surface area contributed by atoms with Crippen molar-refractivity contribution in [1.29, 1.82) is 0 Å². The van der Waals surface area contributed by atoms with Crippen LogP contribution >= 0.6 is 0 Å². The number of rotatable bonds is 10. The molecule has 1 aromatic carbocycles. The van der Waals surface area contributed by atoms with E-state index in [2.05, 4.69) is 19.9 Å². The summed E-state index contributed by atoms with van der Waals surface area (Å²) in [6.07, 6.45) is 7.87. The molecule has 0 saturated carbocycles. The van der Waals surface area contributed by atoms with Crippen LogP contribution in [0.5, 0.6) is 6.01 Å². The summed E-state index contributed by atoms with van der Waals surface area (Å²) >= 11 is 0. The number of benzene rings is 1. The third kappa shape index (κ3) is 6.76. The minimum Gasteiger partial charge on any atom is -0.463 e. The van der Waals surface area contributed by atoms with Crippen LogP contribution in [0.25, 0.3) is 32.9 Å². The van der Waals surface area contributed by atoms with Crippen LogP contribution in [0.2, 0.25) is 0 Å². The quantitative estimate of drug-likeness (QED) is 0.206. The zero-order valence-corrected chi connectivity index (χ0v) is 25.7. The number of ether oxygens (including phenoxy) is 2. The highest BCUT2D eigenvalue weighted by molar-refractivity contribution is 6.00. The lowest BCUT2D eigenvalue weighted by molar-refractivity contribution is -0.126. The number of piperazine rings is 1. The molecule has 0 bridgehead atoms. The maximum atomic E-state index is 16.5. The number of amides is 1.